The van der Waals surface area contributed by atoms with Gasteiger partial charge in [-0.1, -0.05) is 36.0 Å². The maximum absolute atomic E-state index is 12.2. The summed E-state index contributed by atoms with van der Waals surface area (Å²) in [6.45, 7) is 2.32. The molecule has 6 nitrogen and oxygen atoms in total. The summed E-state index contributed by atoms with van der Waals surface area (Å²) in [5.74, 6) is 1.61. The summed E-state index contributed by atoms with van der Waals surface area (Å²) in [6, 6.07) is 15.3. The zero-order valence-electron chi connectivity index (χ0n) is 15.0. The van der Waals surface area contributed by atoms with Crippen molar-refractivity contribution < 1.29 is 9.53 Å². The number of halogens is 1. The average molecular weight is 447 g/mol. The van der Waals surface area contributed by atoms with Crippen LogP contribution in [0, 0.1) is 6.92 Å². The normalized spacial score (nSPS) is 10.6. The highest BCUT2D eigenvalue weighted by Gasteiger charge is 2.13. The number of benzene rings is 2. The van der Waals surface area contributed by atoms with Gasteiger partial charge in [-0.15, -0.1) is 10.2 Å². The number of aromatic nitrogens is 3. The maximum Gasteiger partial charge on any atom is 0.234 e. The summed E-state index contributed by atoms with van der Waals surface area (Å²) >= 11 is 4.79. The van der Waals surface area contributed by atoms with Crippen LogP contribution in [0.1, 0.15) is 11.4 Å². The van der Waals surface area contributed by atoms with Crippen molar-refractivity contribution >= 4 is 39.3 Å². The molecule has 0 radical (unpaired) electrons. The van der Waals surface area contributed by atoms with Crippen molar-refractivity contribution in [3.63, 3.8) is 0 Å². The number of aryl methyl sites for hydroxylation is 1. The molecular formula is C19H19BrN4O2S. The molecule has 3 aromatic rings. The molecule has 1 N–H and O–H groups in total. The lowest BCUT2D eigenvalue weighted by Gasteiger charge is -2.08. The third kappa shape index (κ3) is 5.33. The van der Waals surface area contributed by atoms with Crippen LogP contribution in [-0.4, -0.2) is 26.4 Å². The largest absolute Gasteiger partial charge is 0.486 e. The van der Waals surface area contributed by atoms with Crippen molar-refractivity contribution in [2.24, 2.45) is 7.05 Å². The van der Waals surface area contributed by atoms with Gasteiger partial charge in [0.15, 0.2) is 11.0 Å². The molecule has 0 fully saturated rings. The molecule has 1 heterocycles. The van der Waals surface area contributed by atoms with E-state index in [9.17, 15) is 4.79 Å². The first-order chi connectivity index (χ1) is 13.0. The van der Waals surface area contributed by atoms with Crippen LogP contribution in [0.5, 0.6) is 5.75 Å². The number of nitrogens with zero attached hydrogens (tertiary/aromatic N) is 3. The maximum atomic E-state index is 12.2. The number of anilines is 1. The van der Waals surface area contributed by atoms with Gasteiger partial charge >= 0.3 is 0 Å². The molecule has 0 atom stereocenters. The monoisotopic (exact) mass is 446 g/mol. The molecule has 1 amide bonds. The molecule has 3 rings (SSSR count). The van der Waals surface area contributed by atoms with Gasteiger partial charge in [-0.2, -0.15) is 0 Å². The second kappa shape index (κ2) is 9.05. The molecule has 0 bridgehead atoms. The Hall–Kier alpha value is -2.32. The number of carbonyl (C=O) groups is 1. The number of carbonyl (C=O) groups excluding carboxylic acids is 1. The molecule has 0 saturated carbocycles. The number of para-hydroxylation sites is 1. The van der Waals surface area contributed by atoms with Crippen LogP contribution in [0.2, 0.25) is 0 Å². The van der Waals surface area contributed by atoms with Crippen LogP contribution < -0.4 is 10.1 Å². The average Bonchev–Trinajstić information content (AvgIpc) is 3.01. The zero-order valence-corrected chi connectivity index (χ0v) is 17.4. The highest BCUT2D eigenvalue weighted by Crippen LogP contribution is 2.24. The third-order valence-corrected chi connectivity index (χ3v) is 5.44. The van der Waals surface area contributed by atoms with Crippen molar-refractivity contribution in [3.8, 4) is 5.75 Å². The Labute approximate surface area is 170 Å². The second-order valence-corrected chi connectivity index (χ2v) is 7.68. The first-order valence-electron chi connectivity index (χ1n) is 8.28. The first-order valence-corrected chi connectivity index (χ1v) is 10.1. The van der Waals surface area contributed by atoms with E-state index in [0.717, 1.165) is 21.5 Å². The third-order valence-electron chi connectivity index (χ3n) is 3.77. The van der Waals surface area contributed by atoms with E-state index in [0.29, 0.717) is 17.6 Å². The van der Waals surface area contributed by atoms with E-state index in [-0.39, 0.29) is 11.7 Å². The molecule has 0 unspecified atom stereocenters. The van der Waals surface area contributed by atoms with Gasteiger partial charge in [-0.3, -0.25) is 4.79 Å². The number of hydrogen-bond donors (Lipinski definition) is 1. The van der Waals surface area contributed by atoms with E-state index >= 15 is 0 Å². The smallest absolute Gasteiger partial charge is 0.234 e. The van der Waals surface area contributed by atoms with Crippen LogP contribution >= 0.6 is 27.7 Å². The number of thioether (sulfide) groups is 1. The Morgan fingerprint density at radius 2 is 2.00 bits per heavy atom. The lowest BCUT2D eigenvalue weighted by molar-refractivity contribution is -0.113. The first kappa shape index (κ1) is 19.4. The van der Waals surface area contributed by atoms with Gasteiger partial charge in [-0.25, -0.2) is 0 Å². The van der Waals surface area contributed by atoms with Crippen molar-refractivity contribution in [2.45, 2.75) is 18.7 Å². The molecular weight excluding hydrogens is 428 g/mol. The van der Waals surface area contributed by atoms with Crippen LogP contribution in [0.25, 0.3) is 0 Å². The topological polar surface area (TPSA) is 69.0 Å². The molecule has 0 aliphatic carbocycles. The Morgan fingerprint density at radius 1 is 1.22 bits per heavy atom. The lowest BCUT2D eigenvalue weighted by atomic mass is 10.2. The minimum absolute atomic E-state index is 0.102. The highest BCUT2D eigenvalue weighted by atomic mass is 79.9. The number of ether oxygens (including phenoxy) is 1. The van der Waals surface area contributed by atoms with Gasteiger partial charge in [0, 0.05) is 11.5 Å². The second-order valence-electron chi connectivity index (χ2n) is 5.88. The van der Waals surface area contributed by atoms with Crippen molar-refractivity contribution in [1.29, 1.82) is 0 Å². The summed E-state index contributed by atoms with van der Waals surface area (Å²) in [4.78, 5) is 12.2. The number of amides is 1. The predicted molar refractivity (Wildman–Crippen MR) is 110 cm³/mol. The van der Waals surface area contributed by atoms with Crippen LogP contribution in [0.3, 0.4) is 0 Å². The highest BCUT2D eigenvalue weighted by molar-refractivity contribution is 9.10. The molecule has 0 saturated heterocycles. The minimum atomic E-state index is -0.102. The summed E-state index contributed by atoms with van der Waals surface area (Å²) in [5, 5.41) is 11.8. The fourth-order valence-electron chi connectivity index (χ4n) is 2.30. The number of hydrogen-bond acceptors (Lipinski definition) is 5. The molecule has 0 spiro atoms. The van der Waals surface area contributed by atoms with E-state index in [1.54, 1.807) is 0 Å². The summed E-state index contributed by atoms with van der Waals surface area (Å²) < 4.78 is 8.39. The standard InChI is InChI=1S/C19H19BrN4O2S/c1-13-8-9-16(15(20)10-13)21-18(25)12-27-19-23-22-17(24(19)2)11-26-14-6-4-3-5-7-14/h3-10H,11-12H2,1-2H3,(H,21,25). The van der Waals surface area contributed by atoms with Gasteiger partial charge in [0.2, 0.25) is 5.91 Å². The van der Waals surface area contributed by atoms with Crippen LogP contribution in [-0.2, 0) is 18.4 Å². The van der Waals surface area contributed by atoms with Crippen LogP contribution in [0.4, 0.5) is 5.69 Å². The summed E-state index contributed by atoms with van der Waals surface area (Å²) in [6.07, 6.45) is 0. The Balaban J connectivity index is 1.53. The number of rotatable bonds is 7. The molecule has 27 heavy (non-hydrogen) atoms. The van der Waals surface area contributed by atoms with E-state index in [2.05, 4.69) is 31.4 Å². The molecule has 8 heteroatoms. The van der Waals surface area contributed by atoms with E-state index in [1.807, 2.05) is 67.1 Å². The van der Waals surface area contributed by atoms with Gasteiger partial charge < -0.3 is 14.6 Å². The van der Waals surface area contributed by atoms with Gasteiger partial charge in [0.1, 0.15) is 12.4 Å². The lowest BCUT2D eigenvalue weighted by Crippen LogP contribution is -2.15. The zero-order chi connectivity index (χ0) is 19.2. The van der Waals surface area contributed by atoms with Gasteiger partial charge in [0.25, 0.3) is 0 Å². The predicted octanol–water partition coefficient (Wildman–Crippen LogP) is 4.20. The number of nitrogens with one attached hydrogen (secondary N) is 1. The Bertz CT molecular complexity index is 931. The fourth-order valence-corrected chi connectivity index (χ4v) is 3.62. The molecule has 140 valence electrons. The van der Waals surface area contributed by atoms with Gasteiger partial charge in [0.05, 0.1) is 11.4 Å². The molecule has 0 aliphatic rings. The SMILES string of the molecule is Cc1ccc(NC(=O)CSc2nnc(COc3ccccc3)n2C)c(Br)c1. The molecule has 2 aromatic carbocycles. The fraction of sp³-hybridized carbons (Fsp3) is 0.211. The van der Waals surface area contributed by atoms with Crippen molar-refractivity contribution in [3.05, 3.63) is 64.4 Å². The Morgan fingerprint density at radius 3 is 2.74 bits per heavy atom. The van der Waals surface area contributed by atoms with Crippen LogP contribution in [0.15, 0.2) is 58.2 Å². The van der Waals surface area contributed by atoms with E-state index in [4.69, 9.17) is 4.74 Å². The summed E-state index contributed by atoms with van der Waals surface area (Å²) in [5.41, 5.74) is 1.87. The van der Waals surface area contributed by atoms with Crippen molar-refractivity contribution in [1.82, 2.24) is 14.8 Å². The van der Waals surface area contributed by atoms with Crippen molar-refractivity contribution in [2.75, 3.05) is 11.1 Å². The molecule has 1 aromatic heterocycles. The molecule has 0 aliphatic heterocycles. The van der Waals surface area contributed by atoms with Gasteiger partial charge in [-0.05, 0) is 52.7 Å². The quantitative estimate of drug-likeness (QED) is 0.550. The van der Waals surface area contributed by atoms with E-state index in [1.165, 1.54) is 11.8 Å². The Kier molecular flexibility index (Phi) is 6.52. The van der Waals surface area contributed by atoms with E-state index < -0.39 is 0 Å². The minimum Gasteiger partial charge on any atom is -0.486 e. The summed E-state index contributed by atoms with van der Waals surface area (Å²) in [7, 11) is 1.86.